The number of rotatable bonds is 12. The average molecular weight is 612 g/mol. The van der Waals surface area contributed by atoms with Crippen LogP contribution >= 0.6 is 0 Å². The third-order valence-corrected chi connectivity index (χ3v) is 7.63. The zero-order valence-corrected chi connectivity index (χ0v) is 24.1. The van der Waals surface area contributed by atoms with Gasteiger partial charge in [-0.1, -0.05) is 18.2 Å². The molecule has 2 heterocycles. The van der Waals surface area contributed by atoms with Crippen molar-refractivity contribution in [1.29, 1.82) is 0 Å². The number of carbonyl (C=O) groups is 2. The minimum absolute atomic E-state index is 0.0341. The van der Waals surface area contributed by atoms with Crippen LogP contribution in [0.4, 0.5) is 19.3 Å². The van der Waals surface area contributed by atoms with Crippen molar-refractivity contribution in [2.45, 2.75) is 31.5 Å². The molecule has 0 saturated carbocycles. The third-order valence-electron chi connectivity index (χ3n) is 7.63. The van der Waals surface area contributed by atoms with Gasteiger partial charge in [0.15, 0.2) is 18.2 Å². The molecule has 2 aliphatic heterocycles. The van der Waals surface area contributed by atoms with Crippen molar-refractivity contribution in [3.05, 3.63) is 83.4 Å². The van der Waals surface area contributed by atoms with E-state index >= 15 is 0 Å². The maximum absolute atomic E-state index is 13.7. The Morgan fingerprint density at radius 1 is 1.05 bits per heavy atom. The van der Waals surface area contributed by atoms with Gasteiger partial charge in [0.25, 0.3) is 5.91 Å². The molecule has 0 aromatic heterocycles. The lowest BCUT2D eigenvalue weighted by molar-refractivity contribution is -0.121. The van der Waals surface area contributed by atoms with Crippen LogP contribution in [-0.4, -0.2) is 74.1 Å². The Morgan fingerprint density at radius 2 is 1.84 bits per heavy atom. The molecule has 1 fully saturated rings. The Bertz CT molecular complexity index is 1460. The number of nitrogens with zero attached hydrogens (tertiary/aromatic N) is 2. The Balaban J connectivity index is 1.18. The highest BCUT2D eigenvalue weighted by Gasteiger charge is 2.33. The molecule has 2 aliphatic rings. The van der Waals surface area contributed by atoms with Gasteiger partial charge in [0.1, 0.15) is 17.3 Å². The first-order chi connectivity index (χ1) is 21.3. The summed E-state index contributed by atoms with van der Waals surface area (Å²) in [4.78, 5) is 27.1. The van der Waals surface area contributed by atoms with Gasteiger partial charge in [-0.3, -0.25) is 4.79 Å². The number of hydrogen-bond donors (Lipinski definition) is 2. The van der Waals surface area contributed by atoms with Gasteiger partial charge in [-0.05, 0) is 53.9 Å². The normalized spacial score (nSPS) is 18.0. The van der Waals surface area contributed by atoms with E-state index in [-0.39, 0.29) is 43.9 Å². The van der Waals surface area contributed by atoms with E-state index in [2.05, 4.69) is 0 Å². The lowest BCUT2D eigenvalue weighted by Crippen LogP contribution is -2.46. The molecular formula is C32H35F2N3O7. The van der Waals surface area contributed by atoms with Crippen molar-refractivity contribution in [3.8, 4) is 17.2 Å². The maximum atomic E-state index is 13.7. The van der Waals surface area contributed by atoms with Gasteiger partial charge in [-0.15, -0.1) is 0 Å². The molecule has 44 heavy (non-hydrogen) atoms. The first kappa shape index (κ1) is 31.0. The lowest BCUT2D eigenvalue weighted by Gasteiger charge is -2.37. The second-order valence-electron chi connectivity index (χ2n) is 10.6. The van der Waals surface area contributed by atoms with Gasteiger partial charge >= 0.3 is 6.09 Å². The molecular weight excluding hydrogens is 576 g/mol. The molecule has 1 saturated heterocycles. The number of fused-ring (bicyclic) bond motifs is 1. The summed E-state index contributed by atoms with van der Waals surface area (Å²) >= 11 is 0. The van der Waals surface area contributed by atoms with Crippen LogP contribution in [0.3, 0.4) is 0 Å². The number of amides is 2. The Morgan fingerprint density at radius 3 is 2.61 bits per heavy atom. The fourth-order valence-corrected chi connectivity index (χ4v) is 5.39. The van der Waals surface area contributed by atoms with E-state index in [0.29, 0.717) is 56.3 Å². The molecule has 0 spiro atoms. The topological polar surface area (TPSA) is 124 Å². The molecule has 0 bridgehead atoms. The second-order valence-corrected chi connectivity index (χ2v) is 10.6. The summed E-state index contributed by atoms with van der Waals surface area (Å²) < 4.78 is 50.0. The van der Waals surface area contributed by atoms with Gasteiger partial charge in [0.2, 0.25) is 0 Å². The standard InChI is InChI=1S/C32H35F2N3O7/c33-23-5-8-26(34)29(17-23)42-15-1-14-41-24-6-3-22(4-7-24)25-10-12-36(32(39)40)18-30(25)43-19-21-2-9-28-27(16-21)37(13-11-35)31(38)20-44-28/h2-9,16-17,25,30H,1,10-15,18-20,35H2,(H,39,40). The summed E-state index contributed by atoms with van der Waals surface area (Å²) in [5.41, 5.74) is 8.17. The van der Waals surface area contributed by atoms with E-state index < -0.39 is 23.8 Å². The van der Waals surface area contributed by atoms with Crippen LogP contribution in [0.15, 0.2) is 60.7 Å². The fourth-order valence-electron chi connectivity index (χ4n) is 5.39. The molecule has 2 atom stereocenters. The van der Waals surface area contributed by atoms with Crippen molar-refractivity contribution in [1.82, 2.24) is 4.90 Å². The summed E-state index contributed by atoms with van der Waals surface area (Å²) in [6.07, 6.45) is -0.344. The van der Waals surface area contributed by atoms with E-state index in [1.54, 1.807) is 11.0 Å². The number of carbonyl (C=O) groups excluding carboxylic acids is 1. The van der Waals surface area contributed by atoms with E-state index in [4.69, 9.17) is 24.7 Å². The largest absolute Gasteiger partial charge is 0.493 e. The Kier molecular flexibility index (Phi) is 10.1. The number of nitrogens with two attached hydrogens (primary N) is 1. The monoisotopic (exact) mass is 611 g/mol. The summed E-state index contributed by atoms with van der Waals surface area (Å²) in [5, 5.41) is 9.63. The number of likely N-dealkylation sites (tertiary alicyclic amines) is 1. The van der Waals surface area contributed by atoms with E-state index in [0.717, 1.165) is 29.3 Å². The molecule has 0 aliphatic carbocycles. The van der Waals surface area contributed by atoms with Crippen LogP contribution in [0.2, 0.25) is 0 Å². The first-order valence-electron chi connectivity index (χ1n) is 14.5. The number of ether oxygens (including phenoxy) is 4. The molecule has 3 N–H and O–H groups in total. The number of anilines is 1. The van der Waals surface area contributed by atoms with Crippen LogP contribution in [0.1, 0.15) is 29.9 Å². The molecule has 0 radical (unpaired) electrons. The van der Waals surface area contributed by atoms with E-state index in [9.17, 15) is 23.5 Å². The van der Waals surface area contributed by atoms with Crippen LogP contribution in [-0.2, 0) is 16.1 Å². The van der Waals surface area contributed by atoms with Crippen molar-refractivity contribution >= 4 is 17.7 Å². The maximum Gasteiger partial charge on any atom is 0.407 e. The number of carboxylic acid groups (broad SMARTS) is 1. The number of benzene rings is 3. The SMILES string of the molecule is NCCN1C(=O)COc2ccc(COC3CN(C(=O)O)CCC3c3ccc(OCCCOc4cc(F)ccc4F)cc3)cc21. The fraction of sp³-hybridized carbons (Fsp3) is 0.375. The second kappa shape index (κ2) is 14.4. The molecule has 5 rings (SSSR count). The predicted molar refractivity (Wildman–Crippen MR) is 157 cm³/mol. The zero-order valence-electron chi connectivity index (χ0n) is 24.1. The molecule has 2 unspecified atom stereocenters. The van der Waals surface area contributed by atoms with Crippen molar-refractivity contribution in [2.75, 3.05) is 50.9 Å². The Labute approximate surface area is 253 Å². The van der Waals surface area contributed by atoms with Gasteiger partial charge in [-0.25, -0.2) is 13.6 Å². The zero-order chi connectivity index (χ0) is 31.1. The molecule has 3 aromatic rings. The molecule has 3 aromatic carbocycles. The first-order valence-corrected chi connectivity index (χ1v) is 14.5. The molecule has 2 amide bonds. The van der Waals surface area contributed by atoms with Crippen LogP contribution < -0.4 is 24.8 Å². The lowest BCUT2D eigenvalue weighted by atomic mass is 9.87. The number of hydrogen-bond acceptors (Lipinski definition) is 7. The number of piperidine rings is 1. The molecule has 12 heteroatoms. The van der Waals surface area contributed by atoms with E-state index in [1.807, 2.05) is 36.4 Å². The average Bonchev–Trinajstić information content (AvgIpc) is 3.03. The summed E-state index contributed by atoms with van der Waals surface area (Å²) in [6, 6.07) is 16.2. The van der Waals surface area contributed by atoms with Gasteiger partial charge < -0.3 is 39.6 Å². The van der Waals surface area contributed by atoms with Crippen LogP contribution in [0.5, 0.6) is 17.2 Å². The van der Waals surface area contributed by atoms with Gasteiger partial charge in [0.05, 0.1) is 38.2 Å². The highest BCUT2D eigenvalue weighted by Crippen LogP contribution is 2.35. The highest BCUT2D eigenvalue weighted by molar-refractivity contribution is 5.97. The molecule has 234 valence electrons. The minimum atomic E-state index is -0.994. The highest BCUT2D eigenvalue weighted by atomic mass is 19.1. The smallest absolute Gasteiger partial charge is 0.407 e. The van der Waals surface area contributed by atoms with Crippen LogP contribution in [0, 0.1) is 11.6 Å². The van der Waals surface area contributed by atoms with E-state index in [1.165, 1.54) is 4.90 Å². The van der Waals surface area contributed by atoms with Gasteiger partial charge in [-0.2, -0.15) is 0 Å². The van der Waals surface area contributed by atoms with Crippen LogP contribution in [0.25, 0.3) is 0 Å². The molecule has 10 nitrogen and oxygen atoms in total. The minimum Gasteiger partial charge on any atom is -0.493 e. The third kappa shape index (κ3) is 7.56. The van der Waals surface area contributed by atoms with Crippen molar-refractivity contribution in [2.24, 2.45) is 5.73 Å². The number of halogens is 2. The van der Waals surface area contributed by atoms with Crippen molar-refractivity contribution in [3.63, 3.8) is 0 Å². The predicted octanol–water partition coefficient (Wildman–Crippen LogP) is 4.55. The summed E-state index contributed by atoms with van der Waals surface area (Å²) in [6.45, 7) is 1.96. The quantitative estimate of drug-likeness (QED) is 0.286. The Hall–Kier alpha value is -4.42. The van der Waals surface area contributed by atoms with Crippen molar-refractivity contribution < 1.29 is 42.4 Å². The summed E-state index contributed by atoms with van der Waals surface area (Å²) in [7, 11) is 0. The summed E-state index contributed by atoms with van der Waals surface area (Å²) in [5.74, 6) is -0.300. The van der Waals surface area contributed by atoms with Gasteiger partial charge in [0, 0.05) is 38.0 Å².